The standard InChI is InChI=1S/C20H22N2O3/c1-14-5-8-17(20(24)25)13-22(14)19(23)12-15-6-9-16(10-7-15)18-4-2-3-11-21-18/h2-4,6-7,9-11,14,17H,5,8,12-13H2,1H3,(H,24,25)/t14-,17+/m0/s1. The summed E-state index contributed by atoms with van der Waals surface area (Å²) >= 11 is 0. The summed E-state index contributed by atoms with van der Waals surface area (Å²) in [5.41, 5.74) is 2.83. The molecule has 0 saturated carbocycles. The van der Waals surface area contributed by atoms with Crippen LogP contribution in [0.2, 0.25) is 0 Å². The van der Waals surface area contributed by atoms with Crippen molar-refractivity contribution in [2.45, 2.75) is 32.2 Å². The van der Waals surface area contributed by atoms with E-state index in [1.807, 2.05) is 49.4 Å². The van der Waals surface area contributed by atoms with E-state index in [1.165, 1.54) is 0 Å². The molecule has 0 aliphatic carbocycles. The lowest BCUT2D eigenvalue weighted by molar-refractivity contribution is -0.146. The highest BCUT2D eigenvalue weighted by atomic mass is 16.4. The number of nitrogens with zero attached hydrogens (tertiary/aromatic N) is 2. The summed E-state index contributed by atoms with van der Waals surface area (Å²) in [4.78, 5) is 29.9. The molecule has 25 heavy (non-hydrogen) atoms. The lowest BCUT2D eigenvalue weighted by Crippen LogP contribution is -2.47. The first-order valence-corrected chi connectivity index (χ1v) is 8.57. The first-order valence-electron chi connectivity index (χ1n) is 8.57. The van der Waals surface area contributed by atoms with Crippen LogP contribution in [0.25, 0.3) is 11.3 Å². The smallest absolute Gasteiger partial charge is 0.308 e. The summed E-state index contributed by atoms with van der Waals surface area (Å²) < 4.78 is 0. The molecule has 5 nitrogen and oxygen atoms in total. The van der Waals surface area contributed by atoms with Crippen LogP contribution in [0.4, 0.5) is 0 Å². The van der Waals surface area contributed by atoms with Crippen LogP contribution in [-0.4, -0.2) is 39.5 Å². The van der Waals surface area contributed by atoms with Crippen molar-refractivity contribution in [2.24, 2.45) is 5.92 Å². The third-order valence-electron chi connectivity index (χ3n) is 4.82. The quantitative estimate of drug-likeness (QED) is 0.930. The van der Waals surface area contributed by atoms with E-state index >= 15 is 0 Å². The van der Waals surface area contributed by atoms with Gasteiger partial charge in [0.15, 0.2) is 0 Å². The van der Waals surface area contributed by atoms with Crippen molar-refractivity contribution in [3.63, 3.8) is 0 Å². The SMILES string of the molecule is C[C@H]1CC[C@@H](C(=O)O)CN1C(=O)Cc1ccc(-c2ccccn2)cc1. The number of piperidine rings is 1. The number of pyridine rings is 1. The van der Waals surface area contributed by atoms with Crippen molar-refractivity contribution in [2.75, 3.05) is 6.54 Å². The second-order valence-electron chi connectivity index (χ2n) is 6.60. The Bertz CT molecular complexity index is 743. The van der Waals surface area contributed by atoms with Gasteiger partial charge in [-0.1, -0.05) is 30.3 Å². The van der Waals surface area contributed by atoms with Gasteiger partial charge >= 0.3 is 5.97 Å². The van der Waals surface area contributed by atoms with Gasteiger partial charge in [0.2, 0.25) is 5.91 Å². The van der Waals surface area contributed by atoms with Gasteiger partial charge in [0.25, 0.3) is 0 Å². The lowest BCUT2D eigenvalue weighted by atomic mass is 9.93. The number of carbonyl (C=O) groups excluding carboxylic acids is 1. The lowest BCUT2D eigenvalue weighted by Gasteiger charge is -2.36. The first-order chi connectivity index (χ1) is 12.0. The predicted molar refractivity (Wildman–Crippen MR) is 94.9 cm³/mol. The minimum Gasteiger partial charge on any atom is -0.481 e. The monoisotopic (exact) mass is 338 g/mol. The molecule has 1 aliphatic rings. The Labute approximate surface area is 147 Å². The maximum Gasteiger partial charge on any atom is 0.308 e. The summed E-state index contributed by atoms with van der Waals surface area (Å²) in [5.74, 6) is -1.28. The van der Waals surface area contributed by atoms with E-state index in [2.05, 4.69) is 4.98 Å². The normalized spacial score (nSPS) is 20.3. The maximum absolute atomic E-state index is 12.6. The summed E-state index contributed by atoms with van der Waals surface area (Å²) in [5, 5.41) is 9.21. The second kappa shape index (κ2) is 7.47. The Morgan fingerprint density at radius 2 is 1.92 bits per heavy atom. The van der Waals surface area contributed by atoms with E-state index < -0.39 is 11.9 Å². The van der Waals surface area contributed by atoms with Crippen molar-refractivity contribution in [1.82, 2.24) is 9.88 Å². The molecule has 1 fully saturated rings. The van der Waals surface area contributed by atoms with Gasteiger partial charge in [-0.2, -0.15) is 0 Å². The Hall–Kier alpha value is -2.69. The topological polar surface area (TPSA) is 70.5 Å². The Morgan fingerprint density at radius 3 is 2.56 bits per heavy atom. The summed E-state index contributed by atoms with van der Waals surface area (Å²) in [6, 6.07) is 13.7. The number of hydrogen-bond acceptors (Lipinski definition) is 3. The molecule has 3 rings (SSSR count). The summed E-state index contributed by atoms with van der Waals surface area (Å²) in [7, 11) is 0. The van der Waals surface area contributed by atoms with Crippen LogP contribution < -0.4 is 0 Å². The molecule has 0 spiro atoms. The van der Waals surface area contributed by atoms with E-state index in [4.69, 9.17) is 0 Å². The molecule has 2 heterocycles. The fourth-order valence-electron chi connectivity index (χ4n) is 3.26. The number of aromatic nitrogens is 1. The molecule has 130 valence electrons. The molecule has 1 saturated heterocycles. The molecular weight excluding hydrogens is 316 g/mol. The zero-order valence-electron chi connectivity index (χ0n) is 14.3. The molecule has 0 radical (unpaired) electrons. The Morgan fingerprint density at radius 1 is 1.16 bits per heavy atom. The van der Waals surface area contributed by atoms with Crippen molar-refractivity contribution in [1.29, 1.82) is 0 Å². The molecule has 1 amide bonds. The second-order valence-corrected chi connectivity index (χ2v) is 6.60. The molecular formula is C20H22N2O3. The number of carboxylic acid groups (broad SMARTS) is 1. The van der Waals surface area contributed by atoms with Gasteiger partial charge in [-0.25, -0.2) is 0 Å². The largest absolute Gasteiger partial charge is 0.481 e. The van der Waals surface area contributed by atoms with Gasteiger partial charge in [-0.05, 0) is 37.5 Å². The molecule has 1 aromatic heterocycles. The number of likely N-dealkylation sites (tertiary alicyclic amines) is 1. The molecule has 0 bridgehead atoms. The molecule has 2 atom stereocenters. The van der Waals surface area contributed by atoms with Crippen LogP contribution in [0.1, 0.15) is 25.3 Å². The zero-order valence-corrected chi connectivity index (χ0v) is 14.3. The van der Waals surface area contributed by atoms with Crippen molar-refractivity contribution in [3.05, 3.63) is 54.2 Å². The summed E-state index contributed by atoms with van der Waals surface area (Å²) in [6.07, 6.45) is 3.42. The highest BCUT2D eigenvalue weighted by Crippen LogP contribution is 2.23. The third kappa shape index (κ3) is 4.05. The number of carboxylic acids is 1. The molecule has 1 N–H and O–H groups in total. The van der Waals surface area contributed by atoms with Crippen LogP contribution in [0.15, 0.2) is 48.7 Å². The Kier molecular flexibility index (Phi) is 5.12. The van der Waals surface area contributed by atoms with Crippen LogP contribution in [0.5, 0.6) is 0 Å². The van der Waals surface area contributed by atoms with E-state index in [0.717, 1.165) is 23.2 Å². The van der Waals surface area contributed by atoms with Gasteiger partial charge < -0.3 is 10.0 Å². The fraction of sp³-hybridized carbons (Fsp3) is 0.350. The highest BCUT2D eigenvalue weighted by molar-refractivity contribution is 5.80. The van der Waals surface area contributed by atoms with Gasteiger partial charge in [-0.3, -0.25) is 14.6 Å². The number of carbonyl (C=O) groups is 2. The number of aliphatic carboxylic acids is 1. The minimum atomic E-state index is -0.815. The summed E-state index contributed by atoms with van der Waals surface area (Å²) in [6.45, 7) is 2.29. The fourth-order valence-corrected chi connectivity index (χ4v) is 3.26. The van der Waals surface area contributed by atoms with E-state index in [1.54, 1.807) is 11.1 Å². The van der Waals surface area contributed by atoms with Crippen LogP contribution in [0.3, 0.4) is 0 Å². The molecule has 1 aliphatic heterocycles. The van der Waals surface area contributed by atoms with Crippen molar-refractivity contribution < 1.29 is 14.7 Å². The van der Waals surface area contributed by atoms with Crippen LogP contribution in [-0.2, 0) is 16.0 Å². The molecule has 0 unspecified atom stereocenters. The number of rotatable bonds is 4. The zero-order chi connectivity index (χ0) is 17.8. The molecule has 2 aromatic rings. The number of benzene rings is 1. The van der Waals surface area contributed by atoms with E-state index in [0.29, 0.717) is 19.4 Å². The van der Waals surface area contributed by atoms with E-state index in [9.17, 15) is 14.7 Å². The van der Waals surface area contributed by atoms with Gasteiger partial charge in [0.05, 0.1) is 18.0 Å². The number of hydrogen-bond donors (Lipinski definition) is 1. The van der Waals surface area contributed by atoms with Crippen molar-refractivity contribution in [3.8, 4) is 11.3 Å². The van der Waals surface area contributed by atoms with E-state index in [-0.39, 0.29) is 11.9 Å². The van der Waals surface area contributed by atoms with Gasteiger partial charge in [-0.15, -0.1) is 0 Å². The van der Waals surface area contributed by atoms with Crippen molar-refractivity contribution >= 4 is 11.9 Å². The average molecular weight is 338 g/mol. The first kappa shape index (κ1) is 17.1. The minimum absolute atomic E-state index is 0.0102. The molecule has 1 aromatic carbocycles. The third-order valence-corrected chi connectivity index (χ3v) is 4.82. The van der Waals surface area contributed by atoms with Gasteiger partial charge in [0.1, 0.15) is 0 Å². The average Bonchev–Trinajstić information content (AvgIpc) is 2.63. The number of amides is 1. The maximum atomic E-state index is 12.6. The Balaban J connectivity index is 1.67. The van der Waals surface area contributed by atoms with Crippen LogP contribution >= 0.6 is 0 Å². The van der Waals surface area contributed by atoms with Gasteiger partial charge in [0, 0.05) is 24.3 Å². The highest BCUT2D eigenvalue weighted by Gasteiger charge is 2.32. The predicted octanol–water partition coefficient (Wildman–Crippen LogP) is 3.00. The molecule has 5 heteroatoms. The van der Waals surface area contributed by atoms with Crippen LogP contribution in [0, 0.1) is 5.92 Å².